The van der Waals surface area contributed by atoms with Crippen molar-refractivity contribution in [1.29, 1.82) is 0 Å². The number of fused-ring (bicyclic) bond motifs is 1. The predicted octanol–water partition coefficient (Wildman–Crippen LogP) is 4.67. The first-order valence-electron chi connectivity index (χ1n) is 18.9. The molecule has 2 aromatic rings. The van der Waals surface area contributed by atoms with Crippen molar-refractivity contribution < 1.29 is 50.7 Å². The summed E-state index contributed by atoms with van der Waals surface area (Å²) in [6.07, 6.45) is 3.74. The number of rotatable bonds is 15. The van der Waals surface area contributed by atoms with E-state index < -0.39 is 56.9 Å². The van der Waals surface area contributed by atoms with Gasteiger partial charge in [-0.15, -0.1) is 0 Å². The van der Waals surface area contributed by atoms with Crippen LogP contribution in [0.25, 0.3) is 10.8 Å². The SMILES string of the molecule is CC[C@@H]1C[C@]1(CC(=O)[C@@H]1C[C@@H](Oc2nccc3cc(OC)ccc23)CN1C(=O)[C@@H](CC(=O)OC(C)(C)C)C1CCOCC1)C(=O)NS(=O)(=O)OC1(C)CC1. The molecule has 5 atom stereocenters. The second-order valence-corrected chi connectivity index (χ2v) is 17.8. The lowest BCUT2D eigenvalue weighted by molar-refractivity contribution is -0.160. The number of hydrogen-bond acceptors (Lipinski definition) is 12. The van der Waals surface area contributed by atoms with Crippen molar-refractivity contribution in [3.05, 3.63) is 30.5 Å². The Hall–Kier alpha value is -3.82. The van der Waals surface area contributed by atoms with E-state index in [9.17, 15) is 27.6 Å². The summed E-state index contributed by atoms with van der Waals surface area (Å²) in [5, 5.41) is 1.55. The van der Waals surface area contributed by atoms with Crippen LogP contribution in [0.4, 0.5) is 0 Å². The summed E-state index contributed by atoms with van der Waals surface area (Å²) in [5.74, 6) is -2.26. The van der Waals surface area contributed by atoms with Gasteiger partial charge in [0.1, 0.15) is 17.5 Å². The third kappa shape index (κ3) is 9.16. The Kier molecular flexibility index (Phi) is 11.3. The number of ketones is 1. The van der Waals surface area contributed by atoms with Gasteiger partial charge in [0.05, 0.1) is 43.1 Å². The van der Waals surface area contributed by atoms with Crippen LogP contribution in [0.15, 0.2) is 30.5 Å². The van der Waals surface area contributed by atoms with E-state index in [1.54, 1.807) is 47.1 Å². The number of esters is 1. The van der Waals surface area contributed by atoms with E-state index in [-0.39, 0.29) is 49.3 Å². The number of nitrogens with one attached hydrogen (secondary N) is 1. The zero-order valence-corrected chi connectivity index (χ0v) is 32.9. The molecule has 4 fully saturated rings. The van der Waals surface area contributed by atoms with Crippen LogP contribution in [-0.2, 0) is 43.1 Å². The van der Waals surface area contributed by atoms with Gasteiger partial charge in [-0.05, 0) is 101 Å². The Morgan fingerprint density at radius 3 is 2.46 bits per heavy atom. The average molecular weight is 772 g/mol. The third-order valence-corrected chi connectivity index (χ3v) is 12.3. The summed E-state index contributed by atoms with van der Waals surface area (Å²) in [5.41, 5.74) is -2.87. The lowest BCUT2D eigenvalue weighted by atomic mass is 9.82. The fourth-order valence-electron chi connectivity index (χ4n) is 7.97. The number of Topliss-reactive ketones (excluding diaryl/α,β-unsaturated/α-hetero) is 1. The summed E-state index contributed by atoms with van der Waals surface area (Å²) in [7, 11) is -2.83. The van der Waals surface area contributed by atoms with Crippen LogP contribution in [-0.4, -0.2) is 92.1 Å². The molecular formula is C39H53N3O11S. The molecule has 3 heterocycles. The molecule has 6 rings (SSSR count). The second-order valence-electron chi connectivity index (χ2n) is 16.6. The first-order valence-corrected chi connectivity index (χ1v) is 20.4. The maximum Gasteiger partial charge on any atom is 0.362 e. The number of hydrogen-bond donors (Lipinski definition) is 1. The van der Waals surface area contributed by atoms with E-state index in [4.69, 9.17) is 23.1 Å². The Labute approximate surface area is 317 Å². The lowest BCUT2D eigenvalue weighted by Crippen LogP contribution is -2.48. The monoisotopic (exact) mass is 771 g/mol. The molecule has 4 aliphatic rings. The van der Waals surface area contributed by atoms with Gasteiger partial charge in [-0.25, -0.2) is 13.9 Å². The Morgan fingerprint density at radius 1 is 1.11 bits per heavy atom. The van der Waals surface area contributed by atoms with Crippen LogP contribution >= 0.6 is 0 Å². The molecule has 2 amide bonds. The number of benzene rings is 1. The normalized spacial score (nSPS) is 25.8. The lowest BCUT2D eigenvalue weighted by Gasteiger charge is -2.34. The first kappa shape index (κ1) is 39.9. The smallest absolute Gasteiger partial charge is 0.362 e. The maximum absolute atomic E-state index is 14.8. The summed E-state index contributed by atoms with van der Waals surface area (Å²) in [6, 6.07) is 6.32. The van der Waals surface area contributed by atoms with Crippen molar-refractivity contribution >= 4 is 44.6 Å². The molecule has 2 aliphatic carbocycles. The molecule has 0 spiro atoms. The van der Waals surface area contributed by atoms with Crippen molar-refractivity contribution in [3.63, 3.8) is 0 Å². The number of ether oxygens (including phenoxy) is 4. The van der Waals surface area contributed by atoms with Crippen molar-refractivity contribution in [2.24, 2.45) is 23.2 Å². The molecule has 2 aliphatic heterocycles. The Morgan fingerprint density at radius 2 is 1.83 bits per heavy atom. The average Bonchev–Trinajstić information content (AvgIpc) is 3.98. The molecule has 14 nitrogen and oxygen atoms in total. The number of carbonyl (C=O) groups is 4. The van der Waals surface area contributed by atoms with Crippen LogP contribution in [0.1, 0.15) is 92.4 Å². The fourth-order valence-corrected chi connectivity index (χ4v) is 9.14. The molecule has 296 valence electrons. The second kappa shape index (κ2) is 15.4. The molecule has 1 N–H and O–H groups in total. The van der Waals surface area contributed by atoms with Crippen LogP contribution in [0.3, 0.4) is 0 Å². The van der Waals surface area contributed by atoms with Gasteiger partial charge < -0.3 is 23.8 Å². The highest BCUT2D eigenvalue weighted by Gasteiger charge is 2.62. The van der Waals surface area contributed by atoms with Gasteiger partial charge in [-0.3, -0.25) is 19.2 Å². The summed E-state index contributed by atoms with van der Waals surface area (Å²) >= 11 is 0. The fraction of sp³-hybridized carbons (Fsp3) is 0.667. The van der Waals surface area contributed by atoms with E-state index in [0.29, 0.717) is 63.4 Å². The first-order chi connectivity index (χ1) is 25.4. The molecule has 0 radical (unpaired) electrons. The molecule has 2 saturated heterocycles. The summed E-state index contributed by atoms with van der Waals surface area (Å²) < 4.78 is 56.1. The van der Waals surface area contributed by atoms with E-state index in [1.807, 2.05) is 25.1 Å². The predicted molar refractivity (Wildman–Crippen MR) is 197 cm³/mol. The van der Waals surface area contributed by atoms with Crippen molar-refractivity contribution in [1.82, 2.24) is 14.6 Å². The van der Waals surface area contributed by atoms with Gasteiger partial charge in [-0.2, -0.15) is 8.42 Å². The minimum absolute atomic E-state index is 0.0364. The molecule has 1 aromatic heterocycles. The third-order valence-electron chi connectivity index (χ3n) is 11.2. The topological polar surface area (TPSA) is 177 Å². The van der Waals surface area contributed by atoms with Crippen LogP contribution < -0.4 is 14.2 Å². The zero-order valence-electron chi connectivity index (χ0n) is 32.1. The largest absolute Gasteiger partial charge is 0.497 e. The number of aromatic nitrogens is 1. The number of methoxy groups -OCH3 is 1. The number of likely N-dealkylation sites (tertiary alicyclic amines) is 1. The minimum Gasteiger partial charge on any atom is -0.497 e. The number of amides is 2. The molecule has 0 bridgehead atoms. The van der Waals surface area contributed by atoms with Gasteiger partial charge in [0.2, 0.25) is 17.7 Å². The highest BCUT2D eigenvalue weighted by atomic mass is 32.2. The van der Waals surface area contributed by atoms with Gasteiger partial charge in [0.15, 0.2) is 5.78 Å². The molecule has 0 unspecified atom stereocenters. The van der Waals surface area contributed by atoms with Crippen molar-refractivity contribution in [2.75, 3.05) is 26.9 Å². The summed E-state index contributed by atoms with van der Waals surface area (Å²) in [6.45, 7) is 9.76. The maximum atomic E-state index is 14.8. The van der Waals surface area contributed by atoms with Gasteiger partial charge in [0.25, 0.3) is 0 Å². The number of pyridine rings is 1. The zero-order chi connectivity index (χ0) is 39.1. The van der Waals surface area contributed by atoms with Crippen molar-refractivity contribution in [2.45, 2.75) is 116 Å². The van der Waals surface area contributed by atoms with Crippen molar-refractivity contribution in [3.8, 4) is 11.6 Å². The molecule has 2 saturated carbocycles. The minimum atomic E-state index is -4.41. The van der Waals surface area contributed by atoms with Crippen LogP contribution in [0.5, 0.6) is 11.6 Å². The Balaban J connectivity index is 1.28. The highest BCUT2D eigenvalue weighted by molar-refractivity contribution is 7.85. The van der Waals surface area contributed by atoms with Gasteiger partial charge >= 0.3 is 16.3 Å². The quantitative estimate of drug-likeness (QED) is 0.248. The highest BCUT2D eigenvalue weighted by Crippen LogP contribution is 2.58. The van der Waals surface area contributed by atoms with Gasteiger partial charge in [0, 0.05) is 37.6 Å². The van der Waals surface area contributed by atoms with E-state index in [1.165, 1.54) is 4.90 Å². The Bertz CT molecular complexity index is 1870. The molecule has 15 heteroatoms. The number of nitrogens with zero attached hydrogens (tertiary/aromatic N) is 2. The van der Waals surface area contributed by atoms with Crippen LogP contribution in [0.2, 0.25) is 0 Å². The molecule has 1 aromatic carbocycles. The van der Waals surface area contributed by atoms with Gasteiger partial charge in [-0.1, -0.05) is 13.3 Å². The standard InChI is InChI=1S/C39H53N3O11S/c1-7-26-21-39(26,36(46)41-54(47,48)53-38(5)13-14-38)22-32(43)31-19-28(51-34-29-9-8-27(49-6)18-25(29)10-15-40-34)23-42(31)35(45)30(24-11-16-50-17-12-24)20-33(44)52-37(2,3)4/h8-10,15,18,24,26,28,30-31H,7,11-14,16-17,19-23H2,1-6H3,(H,41,46)/t26-,28-,30+,31+,39-/m1/s1. The molecular weight excluding hydrogens is 719 g/mol. The van der Waals surface area contributed by atoms with E-state index in [0.717, 1.165) is 10.8 Å². The van der Waals surface area contributed by atoms with Crippen LogP contribution in [0, 0.1) is 23.2 Å². The molecule has 54 heavy (non-hydrogen) atoms. The number of carbonyl (C=O) groups excluding carboxylic acids is 4. The summed E-state index contributed by atoms with van der Waals surface area (Å²) in [4.78, 5) is 62.2. The van der Waals surface area contributed by atoms with E-state index >= 15 is 0 Å². The van der Waals surface area contributed by atoms with E-state index in [2.05, 4.69) is 9.71 Å².